The lowest BCUT2D eigenvalue weighted by Gasteiger charge is -2.10. The van der Waals surface area contributed by atoms with Crippen molar-refractivity contribution in [3.8, 4) is 0 Å². The summed E-state index contributed by atoms with van der Waals surface area (Å²) in [6, 6.07) is 10.3. The molecule has 0 saturated heterocycles. The van der Waals surface area contributed by atoms with Gasteiger partial charge in [0.05, 0.1) is 13.2 Å². The number of hydrogen-bond acceptors (Lipinski definition) is 2. The highest BCUT2D eigenvalue weighted by Gasteiger charge is 2.01. The highest BCUT2D eigenvalue weighted by Crippen LogP contribution is 2.05. The zero-order valence-corrected chi connectivity index (χ0v) is 10.7. The molecule has 16 heavy (non-hydrogen) atoms. The predicted octanol–water partition coefficient (Wildman–Crippen LogP) is 3.67. The Morgan fingerprint density at radius 1 is 1.31 bits per heavy atom. The van der Waals surface area contributed by atoms with Crippen LogP contribution in [-0.2, 0) is 4.74 Å². The zero-order valence-electron chi connectivity index (χ0n) is 9.80. The fourth-order valence-corrected chi connectivity index (χ4v) is 1.71. The van der Waals surface area contributed by atoms with Gasteiger partial charge in [-0.25, -0.2) is 0 Å². The van der Waals surface area contributed by atoms with Crippen LogP contribution in [0.15, 0.2) is 36.4 Å². The summed E-state index contributed by atoms with van der Waals surface area (Å²) >= 11 is 4.28. The minimum absolute atomic E-state index is 0.577. The molecule has 1 unspecified atom stereocenters. The molecule has 0 saturated carbocycles. The van der Waals surface area contributed by atoms with Crippen molar-refractivity contribution in [3.63, 3.8) is 0 Å². The summed E-state index contributed by atoms with van der Waals surface area (Å²) in [5.74, 6) is 1.48. The average Bonchev–Trinajstić information content (AvgIpc) is 2.35. The van der Waals surface area contributed by atoms with Gasteiger partial charge in [-0.05, 0) is 17.2 Å². The molecule has 1 rings (SSSR count). The Hall–Kier alpha value is -0.730. The van der Waals surface area contributed by atoms with Gasteiger partial charge in [0.2, 0.25) is 0 Å². The highest BCUT2D eigenvalue weighted by molar-refractivity contribution is 7.80. The number of benzene rings is 1. The maximum Gasteiger partial charge on any atom is 0.0650 e. The van der Waals surface area contributed by atoms with Crippen LogP contribution in [0.2, 0.25) is 0 Å². The Kier molecular flexibility index (Phi) is 7.02. The van der Waals surface area contributed by atoms with Crippen LogP contribution in [0.3, 0.4) is 0 Å². The van der Waals surface area contributed by atoms with E-state index in [2.05, 4.69) is 43.8 Å². The van der Waals surface area contributed by atoms with Crippen molar-refractivity contribution in [2.75, 3.05) is 19.0 Å². The molecule has 0 amide bonds. The van der Waals surface area contributed by atoms with Crippen molar-refractivity contribution in [1.82, 2.24) is 0 Å². The molecule has 1 nitrogen and oxygen atoms in total. The first kappa shape index (κ1) is 13.3. The van der Waals surface area contributed by atoms with Gasteiger partial charge in [-0.1, -0.05) is 55.8 Å². The number of thiol groups is 1. The SMILES string of the molecule is CCC(CS)COCC=Cc1ccccc1. The molecule has 2 heteroatoms. The Labute approximate surface area is 104 Å². The highest BCUT2D eigenvalue weighted by atomic mass is 32.1. The third kappa shape index (κ3) is 5.38. The van der Waals surface area contributed by atoms with Gasteiger partial charge in [-0.15, -0.1) is 0 Å². The molecule has 0 fully saturated rings. The summed E-state index contributed by atoms with van der Waals surface area (Å²) in [6.07, 6.45) is 5.27. The molecule has 0 aliphatic heterocycles. The van der Waals surface area contributed by atoms with Crippen LogP contribution in [0.1, 0.15) is 18.9 Å². The second-order valence-corrected chi connectivity index (χ2v) is 4.17. The van der Waals surface area contributed by atoms with Gasteiger partial charge >= 0.3 is 0 Å². The topological polar surface area (TPSA) is 9.23 Å². The molecular weight excluding hydrogens is 216 g/mol. The van der Waals surface area contributed by atoms with Crippen molar-refractivity contribution < 1.29 is 4.74 Å². The quantitative estimate of drug-likeness (QED) is 0.561. The molecule has 0 aliphatic carbocycles. The van der Waals surface area contributed by atoms with Crippen molar-refractivity contribution >= 4 is 18.7 Å². The minimum atomic E-state index is 0.577. The molecule has 0 spiro atoms. The van der Waals surface area contributed by atoms with Crippen LogP contribution in [0.5, 0.6) is 0 Å². The van der Waals surface area contributed by atoms with Crippen LogP contribution < -0.4 is 0 Å². The summed E-state index contributed by atoms with van der Waals surface area (Å²) < 4.78 is 5.56. The largest absolute Gasteiger partial charge is 0.377 e. The van der Waals surface area contributed by atoms with E-state index in [-0.39, 0.29) is 0 Å². The van der Waals surface area contributed by atoms with Gasteiger partial charge in [0.1, 0.15) is 0 Å². The number of ether oxygens (including phenoxy) is 1. The van der Waals surface area contributed by atoms with Crippen molar-refractivity contribution in [3.05, 3.63) is 42.0 Å². The Bertz CT molecular complexity index is 291. The lowest BCUT2D eigenvalue weighted by Crippen LogP contribution is -2.10. The van der Waals surface area contributed by atoms with Crippen molar-refractivity contribution in [1.29, 1.82) is 0 Å². The summed E-state index contributed by atoms with van der Waals surface area (Å²) in [5.41, 5.74) is 1.22. The first-order chi connectivity index (χ1) is 7.86. The van der Waals surface area contributed by atoms with E-state index in [1.54, 1.807) is 0 Å². The van der Waals surface area contributed by atoms with Crippen LogP contribution >= 0.6 is 12.6 Å². The van der Waals surface area contributed by atoms with Gasteiger partial charge in [0.25, 0.3) is 0 Å². The summed E-state index contributed by atoms with van der Waals surface area (Å²) in [5, 5.41) is 0. The van der Waals surface area contributed by atoms with Gasteiger partial charge < -0.3 is 4.74 Å². The molecule has 0 radical (unpaired) electrons. The van der Waals surface area contributed by atoms with Crippen molar-refractivity contribution in [2.24, 2.45) is 5.92 Å². The van der Waals surface area contributed by atoms with E-state index in [4.69, 9.17) is 4.74 Å². The Morgan fingerprint density at radius 3 is 2.69 bits per heavy atom. The maximum absolute atomic E-state index is 5.56. The minimum Gasteiger partial charge on any atom is -0.377 e. The fourth-order valence-electron chi connectivity index (χ4n) is 1.35. The lowest BCUT2D eigenvalue weighted by molar-refractivity contribution is 0.129. The van der Waals surface area contributed by atoms with E-state index >= 15 is 0 Å². The van der Waals surface area contributed by atoms with Crippen LogP contribution in [-0.4, -0.2) is 19.0 Å². The van der Waals surface area contributed by atoms with E-state index in [1.165, 1.54) is 5.56 Å². The normalized spacial score (nSPS) is 13.1. The number of rotatable bonds is 7. The smallest absolute Gasteiger partial charge is 0.0650 e. The van der Waals surface area contributed by atoms with E-state index in [1.807, 2.05) is 18.2 Å². The Morgan fingerprint density at radius 2 is 2.06 bits per heavy atom. The summed E-state index contributed by atoms with van der Waals surface area (Å²) in [6.45, 7) is 3.66. The third-order valence-electron chi connectivity index (χ3n) is 2.51. The van der Waals surface area contributed by atoms with Crippen LogP contribution in [0.25, 0.3) is 6.08 Å². The van der Waals surface area contributed by atoms with E-state index in [0.717, 1.165) is 18.8 Å². The van der Waals surface area contributed by atoms with E-state index < -0.39 is 0 Å². The lowest BCUT2D eigenvalue weighted by atomic mass is 10.1. The molecule has 0 bridgehead atoms. The standard InChI is InChI=1S/C14H20OS/c1-2-13(12-16)11-15-10-6-9-14-7-4-3-5-8-14/h3-9,13,16H,2,10-12H2,1H3. The predicted molar refractivity (Wildman–Crippen MR) is 73.9 cm³/mol. The molecule has 0 aliphatic rings. The van der Waals surface area contributed by atoms with Crippen molar-refractivity contribution in [2.45, 2.75) is 13.3 Å². The molecule has 0 aromatic heterocycles. The third-order valence-corrected chi connectivity index (χ3v) is 3.03. The molecule has 1 atom stereocenters. The first-order valence-electron chi connectivity index (χ1n) is 5.77. The van der Waals surface area contributed by atoms with E-state index in [0.29, 0.717) is 12.5 Å². The second-order valence-electron chi connectivity index (χ2n) is 3.81. The van der Waals surface area contributed by atoms with Gasteiger partial charge in [-0.3, -0.25) is 0 Å². The monoisotopic (exact) mass is 236 g/mol. The fraction of sp³-hybridized carbons (Fsp3) is 0.429. The maximum atomic E-state index is 5.56. The average molecular weight is 236 g/mol. The molecular formula is C14H20OS. The van der Waals surface area contributed by atoms with Gasteiger partial charge in [-0.2, -0.15) is 12.6 Å². The molecule has 0 heterocycles. The summed E-state index contributed by atoms with van der Waals surface area (Å²) in [7, 11) is 0. The van der Waals surface area contributed by atoms with Gasteiger partial charge in [0, 0.05) is 0 Å². The Balaban J connectivity index is 2.18. The van der Waals surface area contributed by atoms with E-state index in [9.17, 15) is 0 Å². The van der Waals surface area contributed by atoms with Crippen LogP contribution in [0, 0.1) is 5.92 Å². The van der Waals surface area contributed by atoms with Crippen LogP contribution in [0.4, 0.5) is 0 Å². The number of hydrogen-bond donors (Lipinski definition) is 1. The molecule has 1 aromatic rings. The zero-order chi connectivity index (χ0) is 11.6. The molecule has 1 aromatic carbocycles. The first-order valence-corrected chi connectivity index (χ1v) is 6.40. The molecule has 88 valence electrons. The molecule has 0 N–H and O–H groups in total. The van der Waals surface area contributed by atoms with Gasteiger partial charge in [0.15, 0.2) is 0 Å². The summed E-state index contributed by atoms with van der Waals surface area (Å²) in [4.78, 5) is 0. The second kappa shape index (κ2) is 8.43.